The van der Waals surface area contributed by atoms with Crippen LogP contribution in [0, 0.1) is 23.7 Å². The van der Waals surface area contributed by atoms with Gasteiger partial charge in [-0.25, -0.2) is 0 Å². The van der Waals surface area contributed by atoms with Crippen LogP contribution in [0.5, 0.6) is 0 Å². The highest BCUT2D eigenvalue weighted by Crippen LogP contribution is 2.63. The van der Waals surface area contributed by atoms with Gasteiger partial charge in [-0.1, -0.05) is 27.4 Å². The Bertz CT molecular complexity index is 925. The Balaban J connectivity index is 1.87. The lowest BCUT2D eigenvalue weighted by Gasteiger charge is -2.51. The summed E-state index contributed by atoms with van der Waals surface area (Å²) in [7, 11) is 0. The zero-order chi connectivity index (χ0) is 27.3. The van der Waals surface area contributed by atoms with Crippen LogP contribution in [0.15, 0.2) is 12.2 Å². The van der Waals surface area contributed by atoms with Crippen molar-refractivity contribution in [2.24, 2.45) is 23.7 Å². The number of carbonyl (C=O) groups excluding carboxylic acids is 3. The van der Waals surface area contributed by atoms with E-state index in [0.29, 0.717) is 37.9 Å². The monoisotopic (exact) mass is 522 g/mol. The van der Waals surface area contributed by atoms with Crippen molar-refractivity contribution < 1.29 is 43.2 Å². The first-order chi connectivity index (χ1) is 17.3. The molecule has 9 nitrogen and oxygen atoms in total. The maximum atomic E-state index is 12.8. The summed E-state index contributed by atoms with van der Waals surface area (Å²) in [5.41, 5.74) is -1.29. The molecular weight excluding hydrogens is 480 g/mol. The number of carbonyl (C=O) groups is 3. The van der Waals surface area contributed by atoms with Crippen molar-refractivity contribution in [3.63, 3.8) is 0 Å². The van der Waals surface area contributed by atoms with Gasteiger partial charge in [0.05, 0.1) is 18.8 Å². The Morgan fingerprint density at radius 2 is 1.86 bits per heavy atom. The molecule has 3 aliphatic heterocycles. The van der Waals surface area contributed by atoms with Crippen molar-refractivity contribution in [3.05, 3.63) is 12.2 Å². The van der Waals surface area contributed by atoms with Gasteiger partial charge in [-0.15, -0.1) is 0 Å². The molecule has 0 radical (unpaired) electrons. The Labute approximate surface area is 219 Å². The molecule has 0 aromatic rings. The normalized spacial score (nSPS) is 42.9. The van der Waals surface area contributed by atoms with Crippen molar-refractivity contribution in [1.82, 2.24) is 0 Å². The minimum atomic E-state index is -1.04. The number of hydrogen-bond acceptors (Lipinski definition) is 9. The summed E-state index contributed by atoms with van der Waals surface area (Å²) in [5, 5.41) is 10.8. The van der Waals surface area contributed by atoms with E-state index in [2.05, 4.69) is 20.4 Å². The number of fused-ring (bicyclic) bond motifs is 6. The zero-order valence-corrected chi connectivity index (χ0v) is 22.9. The SMILES string of the molecule is C=C1CC2OC(C3C(C(C)C)C(OC(=O)CCC)C(OC(C)=O)C4(CO4)C23)C(C)(OC(C)=O)CCC1O. The number of rotatable bonds is 6. The number of epoxide rings is 1. The van der Waals surface area contributed by atoms with E-state index < -0.39 is 53.7 Å². The van der Waals surface area contributed by atoms with E-state index in [9.17, 15) is 19.5 Å². The first kappa shape index (κ1) is 28.0. The second-order valence-corrected chi connectivity index (χ2v) is 11.8. The minimum Gasteiger partial charge on any atom is -0.458 e. The minimum absolute atomic E-state index is 0.0178. The average molecular weight is 523 g/mol. The van der Waals surface area contributed by atoms with Crippen LogP contribution < -0.4 is 0 Å². The van der Waals surface area contributed by atoms with E-state index in [-0.39, 0.29) is 36.1 Å². The fraction of sp³-hybridized carbons (Fsp3) is 0.821. The van der Waals surface area contributed by atoms with Crippen LogP contribution in [0.4, 0.5) is 0 Å². The molecule has 208 valence electrons. The van der Waals surface area contributed by atoms with E-state index in [1.165, 1.54) is 13.8 Å². The number of aliphatic hydroxyl groups is 1. The molecule has 10 unspecified atom stereocenters. The fourth-order valence-electron chi connectivity index (χ4n) is 7.26. The summed E-state index contributed by atoms with van der Waals surface area (Å²) in [6.07, 6.45) is -1.20. The molecule has 4 aliphatic rings. The van der Waals surface area contributed by atoms with Gasteiger partial charge in [-0.3, -0.25) is 14.4 Å². The van der Waals surface area contributed by atoms with Gasteiger partial charge < -0.3 is 28.8 Å². The van der Waals surface area contributed by atoms with E-state index in [1.807, 2.05) is 13.8 Å². The van der Waals surface area contributed by atoms with Gasteiger partial charge in [0, 0.05) is 38.0 Å². The topological polar surface area (TPSA) is 121 Å². The Kier molecular flexibility index (Phi) is 7.81. The number of hydrogen-bond donors (Lipinski definition) is 1. The summed E-state index contributed by atoms with van der Waals surface area (Å²) in [5.74, 6) is -1.96. The van der Waals surface area contributed by atoms with Crippen LogP contribution in [0.1, 0.15) is 73.6 Å². The van der Waals surface area contributed by atoms with Crippen molar-refractivity contribution in [1.29, 1.82) is 0 Å². The van der Waals surface area contributed by atoms with Crippen molar-refractivity contribution in [3.8, 4) is 0 Å². The third kappa shape index (κ3) is 5.06. The van der Waals surface area contributed by atoms with E-state index in [0.717, 1.165) is 0 Å². The highest BCUT2D eigenvalue weighted by molar-refractivity contribution is 5.70. The van der Waals surface area contributed by atoms with Crippen LogP contribution in [-0.4, -0.2) is 71.3 Å². The fourth-order valence-corrected chi connectivity index (χ4v) is 7.26. The molecule has 4 fully saturated rings. The molecule has 1 N–H and O–H groups in total. The Morgan fingerprint density at radius 1 is 1.19 bits per heavy atom. The van der Waals surface area contributed by atoms with Crippen LogP contribution in [0.25, 0.3) is 0 Å². The third-order valence-electron chi connectivity index (χ3n) is 8.74. The van der Waals surface area contributed by atoms with Gasteiger partial charge >= 0.3 is 17.9 Å². The predicted molar refractivity (Wildman–Crippen MR) is 132 cm³/mol. The Hall–Kier alpha value is -1.97. The molecule has 10 atom stereocenters. The standard InChI is InChI=1S/C28H42O9/c1-8-9-20(32)36-24-21(14(2)3)22-23(28(13-33-28)26(24)34-16(5)29)19-12-15(4)18(31)10-11-27(7,25(22)35-19)37-17(6)30/h14,18-19,21-26,31H,4,8-13H2,1-3,5-7H3. The molecule has 0 aromatic heterocycles. The molecule has 1 saturated carbocycles. The van der Waals surface area contributed by atoms with Crippen molar-refractivity contribution >= 4 is 17.9 Å². The predicted octanol–water partition coefficient (Wildman–Crippen LogP) is 3.11. The van der Waals surface area contributed by atoms with E-state index in [4.69, 9.17) is 23.7 Å². The summed E-state index contributed by atoms with van der Waals surface area (Å²) in [6, 6.07) is 0. The second kappa shape index (κ2) is 10.3. The van der Waals surface area contributed by atoms with E-state index in [1.54, 1.807) is 0 Å². The van der Waals surface area contributed by atoms with Crippen LogP contribution in [0.2, 0.25) is 0 Å². The van der Waals surface area contributed by atoms with Crippen LogP contribution >= 0.6 is 0 Å². The summed E-state index contributed by atoms with van der Waals surface area (Å²) >= 11 is 0. The quantitative estimate of drug-likeness (QED) is 0.243. The molecule has 4 rings (SSSR count). The highest BCUT2D eigenvalue weighted by Gasteiger charge is 2.76. The third-order valence-corrected chi connectivity index (χ3v) is 8.74. The highest BCUT2D eigenvalue weighted by atomic mass is 16.7. The summed E-state index contributed by atoms with van der Waals surface area (Å²) in [4.78, 5) is 37.4. The lowest BCUT2D eigenvalue weighted by atomic mass is 9.56. The average Bonchev–Trinajstić information content (AvgIpc) is 3.47. The zero-order valence-electron chi connectivity index (χ0n) is 22.9. The number of esters is 3. The largest absolute Gasteiger partial charge is 0.458 e. The first-order valence-electron chi connectivity index (χ1n) is 13.6. The van der Waals surface area contributed by atoms with Gasteiger partial charge in [0.1, 0.15) is 23.4 Å². The van der Waals surface area contributed by atoms with E-state index >= 15 is 0 Å². The summed E-state index contributed by atoms with van der Waals surface area (Å²) in [6.45, 7) is 15.0. The molecular formula is C28H42O9. The smallest absolute Gasteiger partial charge is 0.306 e. The van der Waals surface area contributed by atoms with Crippen molar-refractivity contribution in [2.45, 2.75) is 115 Å². The molecule has 1 aliphatic carbocycles. The maximum absolute atomic E-state index is 12.8. The molecule has 2 bridgehead atoms. The van der Waals surface area contributed by atoms with Crippen LogP contribution in [-0.2, 0) is 38.1 Å². The molecule has 1 spiro atoms. The Morgan fingerprint density at radius 3 is 2.41 bits per heavy atom. The van der Waals surface area contributed by atoms with Crippen molar-refractivity contribution in [2.75, 3.05) is 6.61 Å². The van der Waals surface area contributed by atoms with Gasteiger partial charge in [-0.2, -0.15) is 0 Å². The molecule has 0 aromatic carbocycles. The molecule has 3 saturated heterocycles. The van der Waals surface area contributed by atoms with Gasteiger partial charge in [-0.05, 0) is 44.1 Å². The molecule has 37 heavy (non-hydrogen) atoms. The maximum Gasteiger partial charge on any atom is 0.306 e. The molecule has 0 amide bonds. The molecule has 9 heteroatoms. The number of ether oxygens (including phenoxy) is 5. The lowest BCUT2D eigenvalue weighted by Crippen LogP contribution is -2.65. The van der Waals surface area contributed by atoms with Gasteiger partial charge in [0.2, 0.25) is 0 Å². The van der Waals surface area contributed by atoms with Gasteiger partial charge in [0.15, 0.2) is 6.10 Å². The number of aliphatic hydroxyl groups excluding tert-OH is 1. The lowest BCUT2D eigenvalue weighted by molar-refractivity contribution is -0.208. The van der Waals surface area contributed by atoms with Crippen LogP contribution in [0.3, 0.4) is 0 Å². The summed E-state index contributed by atoms with van der Waals surface area (Å²) < 4.78 is 30.9. The first-order valence-corrected chi connectivity index (χ1v) is 13.6. The second-order valence-electron chi connectivity index (χ2n) is 11.8. The van der Waals surface area contributed by atoms with Gasteiger partial charge in [0.25, 0.3) is 0 Å². The molecule has 3 heterocycles.